The number of carboxylic acid groups (broad SMARTS) is 1. The van der Waals surface area contributed by atoms with E-state index in [1.807, 2.05) is 0 Å². The summed E-state index contributed by atoms with van der Waals surface area (Å²) in [7, 11) is 1.35. The average molecular weight is 415 g/mol. The van der Waals surface area contributed by atoms with Gasteiger partial charge in [0.1, 0.15) is 10.6 Å². The topological polar surface area (TPSA) is 80.7 Å². The maximum absolute atomic E-state index is 12.0. The van der Waals surface area contributed by atoms with Crippen molar-refractivity contribution in [3.05, 3.63) is 48.0 Å². The largest absolute Gasteiger partial charge is 0.478 e. The minimum absolute atomic E-state index is 0.0463. The summed E-state index contributed by atoms with van der Waals surface area (Å²) in [5, 5.41) is 9.31. The van der Waals surface area contributed by atoms with E-state index in [2.05, 4.69) is 13.8 Å². The number of benzene rings is 2. The van der Waals surface area contributed by atoms with Crippen molar-refractivity contribution in [1.82, 2.24) is 0 Å². The van der Waals surface area contributed by atoms with Crippen molar-refractivity contribution in [1.29, 1.82) is 0 Å². The van der Waals surface area contributed by atoms with E-state index in [-0.39, 0.29) is 16.2 Å². The van der Waals surface area contributed by atoms with Crippen LogP contribution in [-0.4, -0.2) is 25.2 Å². The Bertz CT molecular complexity index is 880. The van der Waals surface area contributed by atoms with E-state index < -0.39 is 15.0 Å². The molecule has 0 aliphatic carbocycles. The lowest BCUT2D eigenvalue weighted by Gasteiger charge is -2.15. The number of halogens is 1. The van der Waals surface area contributed by atoms with E-state index in [0.29, 0.717) is 22.3 Å². The maximum Gasteiger partial charge on any atom is 0.335 e. The highest BCUT2D eigenvalue weighted by Gasteiger charge is 2.24. The zero-order valence-electron chi connectivity index (χ0n) is 14.3. The highest BCUT2D eigenvalue weighted by molar-refractivity contribution is 8.13. The third kappa shape index (κ3) is 5.65. The van der Waals surface area contributed by atoms with Crippen LogP contribution in [0.15, 0.2) is 52.3 Å². The standard InChI is InChI=1S/C18H19ClO5S2/c1-12(2)8-9-25-15-10-13(18(20)21)11-16(26(19,22)23)17(15)24-14-6-4-3-5-7-14/h3-7,10-12H,8-9H2,1-2H3,(H,20,21). The molecule has 0 radical (unpaired) electrons. The van der Waals surface area contributed by atoms with Crippen molar-refractivity contribution in [2.24, 2.45) is 5.92 Å². The second-order valence-corrected chi connectivity index (χ2v) is 9.66. The van der Waals surface area contributed by atoms with Gasteiger partial charge in [0.05, 0.1) is 10.5 Å². The molecule has 0 aromatic heterocycles. The highest BCUT2D eigenvalue weighted by atomic mass is 35.7. The first-order valence-electron chi connectivity index (χ1n) is 7.90. The normalized spacial score (nSPS) is 11.5. The molecule has 0 saturated carbocycles. The van der Waals surface area contributed by atoms with Gasteiger partial charge < -0.3 is 9.84 Å². The van der Waals surface area contributed by atoms with Crippen LogP contribution in [0.1, 0.15) is 30.6 Å². The van der Waals surface area contributed by atoms with Gasteiger partial charge in [0.15, 0.2) is 5.75 Å². The van der Waals surface area contributed by atoms with Gasteiger partial charge in [0, 0.05) is 10.7 Å². The number of ether oxygens (including phenoxy) is 1. The van der Waals surface area contributed by atoms with Gasteiger partial charge in [-0.1, -0.05) is 32.0 Å². The second kappa shape index (κ2) is 8.79. The monoisotopic (exact) mass is 414 g/mol. The van der Waals surface area contributed by atoms with Crippen LogP contribution >= 0.6 is 22.4 Å². The minimum atomic E-state index is -4.20. The van der Waals surface area contributed by atoms with Crippen molar-refractivity contribution in [3.63, 3.8) is 0 Å². The van der Waals surface area contributed by atoms with Crippen LogP contribution in [0.25, 0.3) is 0 Å². The Morgan fingerprint density at radius 2 is 1.88 bits per heavy atom. The quantitative estimate of drug-likeness (QED) is 0.469. The smallest absolute Gasteiger partial charge is 0.335 e. The van der Waals surface area contributed by atoms with Crippen LogP contribution in [0.4, 0.5) is 0 Å². The molecular formula is C18H19ClO5S2. The molecule has 0 unspecified atom stereocenters. The van der Waals surface area contributed by atoms with Gasteiger partial charge >= 0.3 is 5.97 Å². The lowest BCUT2D eigenvalue weighted by molar-refractivity contribution is 0.0696. The molecular weight excluding hydrogens is 396 g/mol. The Hall–Kier alpha value is -1.70. The molecule has 0 bridgehead atoms. The fraction of sp³-hybridized carbons (Fsp3) is 0.278. The molecule has 0 atom stereocenters. The molecule has 140 valence electrons. The van der Waals surface area contributed by atoms with Crippen molar-refractivity contribution in [2.75, 3.05) is 5.75 Å². The van der Waals surface area contributed by atoms with Gasteiger partial charge in [-0.3, -0.25) is 0 Å². The molecule has 0 aliphatic rings. The summed E-state index contributed by atoms with van der Waals surface area (Å²) in [6.07, 6.45) is 0.885. The van der Waals surface area contributed by atoms with Crippen LogP contribution in [0.3, 0.4) is 0 Å². The molecule has 5 nitrogen and oxygen atoms in total. The number of carboxylic acids is 1. The Kier molecular flexibility index (Phi) is 6.97. The van der Waals surface area contributed by atoms with Gasteiger partial charge in [-0.25, -0.2) is 13.2 Å². The zero-order chi connectivity index (χ0) is 19.3. The Morgan fingerprint density at radius 1 is 1.23 bits per heavy atom. The average Bonchev–Trinajstić information content (AvgIpc) is 2.55. The van der Waals surface area contributed by atoms with E-state index in [9.17, 15) is 18.3 Å². The molecule has 0 saturated heterocycles. The molecule has 0 amide bonds. The summed E-state index contributed by atoms with van der Waals surface area (Å²) in [6.45, 7) is 4.15. The minimum Gasteiger partial charge on any atom is -0.478 e. The predicted molar refractivity (Wildman–Crippen MR) is 103 cm³/mol. The summed E-state index contributed by atoms with van der Waals surface area (Å²) in [6, 6.07) is 11.1. The van der Waals surface area contributed by atoms with Crippen LogP contribution in [0.2, 0.25) is 0 Å². The summed E-state index contributed by atoms with van der Waals surface area (Å²) < 4.78 is 29.9. The van der Waals surface area contributed by atoms with Gasteiger partial charge in [-0.2, -0.15) is 0 Å². The lowest BCUT2D eigenvalue weighted by atomic mass is 10.2. The molecule has 2 rings (SSSR count). The first-order valence-corrected chi connectivity index (χ1v) is 11.2. The molecule has 8 heteroatoms. The molecule has 2 aromatic carbocycles. The SMILES string of the molecule is CC(C)CCSc1cc(C(=O)O)cc(S(=O)(=O)Cl)c1Oc1ccccc1. The molecule has 0 heterocycles. The second-order valence-electron chi connectivity index (χ2n) is 5.99. The van der Waals surface area contributed by atoms with E-state index >= 15 is 0 Å². The van der Waals surface area contributed by atoms with Crippen molar-refractivity contribution < 1.29 is 23.1 Å². The van der Waals surface area contributed by atoms with E-state index in [1.54, 1.807) is 30.3 Å². The molecule has 26 heavy (non-hydrogen) atoms. The fourth-order valence-electron chi connectivity index (χ4n) is 2.10. The molecule has 2 aromatic rings. The zero-order valence-corrected chi connectivity index (χ0v) is 16.7. The number of hydrogen-bond donors (Lipinski definition) is 1. The third-order valence-electron chi connectivity index (χ3n) is 3.45. The number of thioether (sulfide) groups is 1. The highest BCUT2D eigenvalue weighted by Crippen LogP contribution is 2.41. The van der Waals surface area contributed by atoms with Crippen LogP contribution in [-0.2, 0) is 9.05 Å². The predicted octanol–water partition coefficient (Wildman–Crippen LogP) is 5.24. The first kappa shape index (κ1) is 20.6. The van der Waals surface area contributed by atoms with E-state index in [0.717, 1.165) is 12.5 Å². The molecule has 0 fully saturated rings. The first-order chi connectivity index (χ1) is 12.2. The van der Waals surface area contributed by atoms with E-state index in [4.69, 9.17) is 15.4 Å². The number of rotatable bonds is 8. The van der Waals surface area contributed by atoms with Crippen molar-refractivity contribution >= 4 is 37.5 Å². The number of hydrogen-bond acceptors (Lipinski definition) is 5. The Labute approximate surface area is 161 Å². The summed E-state index contributed by atoms with van der Waals surface area (Å²) in [4.78, 5) is 11.5. The van der Waals surface area contributed by atoms with Gasteiger partial charge in [0.25, 0.3) is 9.05 Å². The molecule has 1 N–H and O–H groups in total. The Balaban J connectivity index is 2.56. The van der Waals surface area contributed by atoms with Crippen molar-refractivity contribution in [3.8, 4) is 11.5 Å². The maximum atomic E-state index is 12.0. The Morgan fingerprint density at radius 3 is 2.42 bits per heavy atom. The van der Waals surface area contributed by atoms with Crippen LogP contribution < -0.4 is 4.74 Å². The fourth-order valence-corrected chi connectivity index (χ4v) is 4.45. The number of carbonyl (C=O) groups is 1. The van der Waals surface area contributed by atoms with Crippen molar-refractivity contribution in [2.45, 2.75) is 30.1 Å². The summed E-state index contributed by atoms with van der Waals surface area (Å²) >= 11 is 1.35. The van der Waals surface area contributed by atoms with E-state index in [1.165, 1.54) is 17.8 Å². The molecule has 0 spiro atoms. The van der Waals surface area contributed by atoms with Gasteiger partial charge in [-0.15, -0.1) is 11.8 Å². The van der Waals surface area contributed by atoms with Crippen LogP contribution in [0.5, 0.6) is 11.5 Å². The van der Waals surface area contributed by atoms with Gasteiger partial charge in [-0.05, 0) is 42.4 Å². The number of para-hydroxylation sites is 1. The molecule has 0 aliphatic heterocycles. The number of aromatic carboxylic acids is 1. The summed E-state index contributed by atoms with van der Waals surface area (Å²) in [5.74, 6) is 0.393. The third-order valence-corrected chi connectivity index (χ3v) is 5.83. The summed E-state index contributed by atoms with van der Waals surface area (Å²) in [5.41, 5.74) is -0.156. The van der Waals surface area contributed by atoms with Gasteiger partial charge in [0.2, 0.25) is 0 Å². The van der Waals surface area contributed by atoms with Crippen LogP contribution in [0, 0.1) is 5.92 Å². The lowest BCUT2D eigenvalue weighted by Crippen LogP contribution is -2.04.